The van der Waals surface area contributed by atoms with Gasteiger partial charge in [0.05, 0.1) is 31.3 Å². The summed E-state index contributed by atoms with van der Waals surface area (Å²) < 4.78 is 16.4. The molecule has 22 heavy (non-hydrogen) atoms. The minimum atomic E-state index is -0.818. The molecule has 1 aliphatic heterocycles. The lowest BCUT2D eigenvalue weighted by molar-refractivity contribution is -0.148. The number of aliphatic hydroxyl groups is 1. The molecule has 1 amide bonds. The van der Waals surface area contributed by atoms with Crippen molar-refractivity contribution < 1.29 is 24.1 Å². The Morgan fingerprint density at radius 1 is 1.23 bits per heavy atom. The van der Waals surface area contributed by atoms with E-state index in [1.807, 2.05) is 0 Å². The molecule has 1 saturated carbocycles. The Bertz CT molecular complexity index is 356. The van der Waals surface area contributed by atoms with E-state index in [4.69, 9.17) is 14.2 Å². The lowest BCUT2D eigenvalue weighted by Gasteiger charge is -2.36. The van der Waals surface area contributed by atoms with Crippen molar-refractivity contribution in [2.75, 3.05) is 34.0 Å². The molecular formula is C16H29NO5. The molecule has 0 bridgehead atoms. The summed E-state index contributed by atoms with van der Waals surface area (Å²) in [6.07, 6.45) is 4.59. The van der Waals surface area contributed by atoms with Gasteiger partial charge >= 0.3 is 0 Å². The first-order valence-electron chi connectivity index (χ1n) is 8.20. The van der Waals surface area contributed by atoms with Crippen molar-refractivity contribution in [2.24, 2.45) is 5.92 Å². The van der Waals surface area contributed by atoms with Gasteiger partial charge in [0, 0.05) is 26.7 Å². The first-order chi connectivity index (χ1) is 10.6. The van der Waals surface area contributed by atoms with Crippen LogP contribution < -0.4 is 5.32 Å². The Kier molecular flexibility index (Phi) is 6.62. The van der Waals surface area contributed by atoms with Crippen molar-refractivity contribution in [3.63, 3.8) is 0 Å². The van der Waals surface area contributed by atoms with Gasteiger partial charge in [-0.25, -0.2) is 0 Å². The van der Waals surface area contributed by atoms with E-state index in [-0.39, 0.29) is 30.5 Å². The Morgan fingerprint density at radius 2 is 1.95 bits per heavy atom. The van der Waals surface area contributed by atoms with Gasteiger partial charge in [-0.05, 0) is 12.8 Å². The fourth-order valence-electron chi connectivity index (χ4n) is 3.54. The predicted molar refractivity (Wildman–Crippen MR) is 81.6 cm³/mol. The maximum Gasteiger partial charge on any atom is 0.222 e. The Labute approximate surface area is 132 Å². The molecule has 1 saturated heterocycles. The maximum absolute atomic E-state index is 12.1. The summed E-state index contributed by atoms with van der Waals surface area (Å²) >= 11 is 0. The molecule has 1 aliphatic carbocycles. The van der Waals surface area contributed by atoms with E-state index < -0.39 is 5.60 Å². The fraction of sp³-hybridized carbons (Fsp3) is 0.938. The molecule has 2 N–H and O–H groups in total. The number of ether oxygens (including phenoxy) is 3. The van der Waals surface area contributed by atoms with Crippen LogP contribution in [-0.4, -0.2) is 62.8 Å². The monoisotopic (exact) mass is 315 g/mol. The maximum atomic E-state index is 12.1. The van der Waals surface area contributed by atoms with Crippen LogP contribution in [0.3, 0.4) is 0 Å². The molecule has 2 fully saturated rings. The van der Waals surface area contributed by atoms with Crippen LogP contribution in [0.4, 0.5) is 0 Å². The van der Waals surface area contributed by atoms with Gasteiger partial charge in [-0.3, -0.25) is 4.79 Å². The van der Waals surface area contributed by atoms with Crippen LogP contribution in [0.25, 0.3) is 0 Å². The van der Waals surface area contributed by atoms with Crippen LogP contribution in [0, 0.1) is 5.92 Å². The van der Waals surface area contributed by atoms with Gasteiger partial charge in [-0.1, -0.05) is 19.3 Å². The van der Waals surface area contributed by atoms with E-state index in [1.165, 1.54) is 0 Å². The SMILES string of the molecule is CO[C@H]1[C@H](CNC(=O)CC2(O)CCCCC2)COC[C@H]1OC. The second kappa shape index (κ2) is 8.24. The van der Waals surface area contributed by atoms with E-state index in [9.17, 15) is 9.90 Å². The first kappa shape index (κ1) is 17.7. The number of hydrogen-bond acceptors (Lipinski definition) is 5. The fourth-order valence-corrected chi connectivity index (χ4v) is 3.54. The van der Waals surface area contributed by atoms with Crippen LogP contribution in [0.1, 0.15) is 38.5 Å². The summed E-state index contributed by atoms with van der Waals surface area (Å²) in [6.45, 7) is 1.54. The minimum absolute atomic E-state index is 0.0636. The normalized spacial score (nSPS) is 31.7. The van der Waals surface area contributed by atoms with Crippen LogP contribution >= 0.6 is 0 Å². The lowest BCUT2D eigenvalue weighted by atomic mass is 9.82. The molecule has 0 unspecified atom stereocenters. The smallest absolute Gasteiger partial charge is 0.222 e. The number of carbonyl (C=O) groups excluding carboxylic acids is 1. The van der Waals surface area contributed by atoms with E-state index in [0.29, 0.717) is 19.8 Å². The van der Waals surface area contributed by atoms with Gasteiger partial charge in [0.1, 0.15) is 6.10 Å². The van der Waals surface area contributed by atoms with Crippen LogP contribution in [0.2, 0.25) is 0 Å². The Balaban J connectivity index is 1.79. The topological polar surface area (TPSA) is 77.0 Å². The quantitative estimate of drug-likeness (QED) is 0.760. The standard InChI is InChI=1S/C16H29NO5/c1-20-13-11-22-10-12(15(13)21-2)9-17-14(18)8-16(19)6-4-3-5-7-16/h12-13,15,19H,3-11H2,1-2H3,(H,17,18)/t12-,13-,15+/m1/s1. The molecular weight excluding hydrogens is 286 g/mol. The molecule has 2 aliphatic rings. The van der Waals surface area contributed by atoms with E-state index in [0.717, 1.165) is 32.1 Å². The van der Waals surface area contributed by atoms with Gasteiger partial charge in [0.2, 0.25) is 5.91 Å². The van der Waals surface area contributed by atoms with E-state index >= 15 is 0 Å². The average Bonchev–Trinajstić information content (AvgIpc) is 2.52. The molecule has 6 heteroatoms. The van der Waals surface area contributed by atoms with Crippen LogP contribution in [0.15, 0.2) is 0 Å². The molecule has 0 aromatic rings. The summed E-state index contributed by atoms with van der Waals surface area (Å²) in [7, 11) is 3.29. The predicted octanol–water partition coefficient (Wildman–Crippen LogP) is 0.864. The summed E-state index contributed by atoms with van der Waals surface area (Å²) in [5.74, 6) is -0.0348. The number of methoxy groups -OCH3 is 2. The first-order valence-corrected chi connectivity index (χ1v) is 8.20. The molecule has 2 rings (SSSR count). The van der Waals surface area contributed by atoms with Crippen molar-refractivity contribution in [2.45, 2.75) is 56.3 Å². The summed E-state index contributed by atoms with van der Waals surface area (Å²) in [4.78, 5) is 12.1. The van der Waals surface area contributed by atoms with Gasteiger partial charge in [-0.2, -0.15) is 0 Å². The van der Waals surface area contributed by atoms with E-state index in [2.05, 4.69) is 5.32 Å². The average molecular weight is 315 g/mol. The second-order valence-electron chi connectivity index (χ2n) is 6.54. The van der Waals surface area contributed by atoms with Gasteiger partial charge in [0.15, 0.2) is 0 Å². The van der Waals surface area contributed by atoms with Crippen LogP contribution in [-0.2, 0) is 19.0 Å². The molecule has 0 aromatic carbocycles. The van der Waals surface area contributed by atoms with Gasteiger partial charge in [-0.15, -0.1) is 0 Å². The summed E-state index contributed by atoms with van der Waals surface area (Å²) in [6, 6.07) is 0. The number of amides is 1. The molecule has 128 valence electrons. The Hall–Kier alpha value is -0.690. The minimum Gasteiger partial charge on any atom is -0.389 e. The van der Waals surface area contributed by atoms with Crippen molar-refractivity contribution >= 4 is 5.91 Å². The summed E-state index contributed by atoms with van der Waals surface area (Å²) in [5, 5.41) is 13.3. The molecule has 0 spiro atoms. The molecule has 0 radical (unpaired) electrons. The largest absolute Gasteiger partial charge is 0.389 e. The van der Waals surface area contributed by atoms with Crippen molar-refractivity contribution in [3.05, 3.63) is 0 Å². The van der Waals surface area contributed by atoms with Crippen molar-refractivity contribution in [3.8, 4) is 0 Å². The zero-order chi connectivity index (χ0) is 16.0. The number of rotatable bonds is 6. The van der Waals surface area contributed by atoms with Gasteiger partial charge in [0.25, 0.3) is 0 Å². The molecule has 0 aromatic heterocycles. The molecule has 1 heterocycles. The molecule has 6 nitrogen and oxygen atoms in total. The third-order valence-electron chi connectivity index (χ3n) is 4.86. The summed E-state index contributed by atoms with van der Waals surface area (Å²) in [5.41, 5.74) is -0.818. The number of carbonyl (C=O) groups is 1. The van der Waals surface area contributed by atoms with Crippen LogP contribution in [0.5, 0.6) is 0 Å². The highest BCUT2D eigenvalue weighted by atomic mass is 16.6. The third kappa shape index (κ3) is 4.65. The van der Waals surface area contributed by atoms with E-state index in [1.54, 1.807) is 14.2 Å². The highest BCUT2D eigenvalue weighted by Crippen LogP contribution is 2.30. The lowest BCUT2D eigenvalue weighted by Crippen LogP contribution is -2.50. The third-order valence-corrected chi connectivity index (χ3v) is 4.86. The highest BCUT2D eigenvalue weighted by molar-refractivity contribution is 5.77. The second-order valence-corrected chi connectivity index (χ2v) is 6.54. The zero-order valence-corrected chi connectivity index (χ0v) is 13.7. The molecule has 3 atom stereocenters. The zero-order valence-electron chi connectivity index (χ0n) is 13.7. The van der Waals surface area contributed by atoms with Gasteiger partial charge < -0.3 is 24.6 Å². The van der Waals surface area contributed by atoms with Crippen molar-refractivity contribution in [1.29, 1.82) is 0 Å². The Morgan fingerprint density at radius 3 is 2.59 bits per heavy atom. The van der Waals surface area contributed by atoms with Crippen molar-refractivity contribution in [1.82, 2.24) is 5.32 Å². The highest BCUT2D eigenvalue weighted by Gasteiger charge is 2.36. The number of nitrogens with one attached hydrogen (secondary N) is 1. The number of hydrogen-bond donors (Lipinski definition) is 2.